The molecule has 0 aromatic heterocycles. The molecule has 7 heteroatoms. The van der Waals surface area contributed by atoms with Gasteiger partial charge in [-0.05, 0) is 51.0 Å². The fourth-order valence-corrected chi connectivity index (χ4v) is 2.52. The standard InChI is InChI=1S/C19H30FN3O3/c1-3-21-19(22-10-4-11-25-18-9-12-24-14-18)23-13-15(2)26-17-7-5-16(20)6-8-17/h5-8,15,18H,3-4,9-14H2,1-2H3,(H2,21,22,23). The van der Waals surface area contributed by atoms with Crippen molar-refractivity contribution >= 4 is 5.96 Å². The smallest absolute Gasteiger partial charge is 0.191 e. The number of nitrogens with zero attached hydrogens (tertiary/aromatic N) is 1. The highest BCUT2D eigenvalue weighted by Crippen LogP contribution is 2.13. The van der Waals surface area contributed by atoms with E-state index in [4.69, 9.17) is 14.2 Å². The predicted molar refractivity (Wildman–Crippen MR) is 100 cm³/mol. The van der Waals surface area contributed by atoms with Gasteiger partial charge in [0.2, 0.25) is 0 Å². The number of aliphatic imine (C=N–C) groups is 1. The van der Waals surface area contributed by atoms with Gasteiger partial charge in [0.15, 0.2) is 5.96 Å². The van der Waals surface area contributed by atoms with E-state index in [9.17, 15) is 4.39 Å². The van der Waals surface area contributed by atoms with E-state index in [0.717, 1.165) is 38.5 Å². The number of hydrogen-bond donors (Lipinski definition) is 2. The summed E-state index contributed by atoms with van der Waals surface area (Å²) in [5.41, 5.74) is 0. The highest BCUT2D eigenvalue weighted by molar-refractivity contribution is 5.79. The van der Waals surface area contributed by atoms with Crippen LogP contribution in [-0.2, 0) is 9.47 Å². The molecule has 26 heavy (non-hydrogen) atoms. The first kappa shape index (κ1) is 20.5. The normalized spacial score (nSPS) is 18.6. The van der Waals surface area contributed by atoms with Gasteiger partial charge < -0.3 is 24.8 Å². The van der Waals surface area contributed by atoms with Crippen molar-refractivity contribution in [2.75, 3.05) is 39.5 Å². The first-order valence-electron chi connectivity index (χ1n) is 9.31. The Bertz CT molecular complexity index is 533. The average molecular weight is 367 g/mol. The third kappa shape index (κ3) is 8.01. The lowest BCUT2D eigenvalue weighted by molar-refractivity contribution is 0.0420. The molecule has 1 aromatic carbocycles. The molecule has 2 atom stereocenters. The summed E-state index contributed by atoms with van der Waals surface area (Å²) in [5.74, 6) is 1.12. The molecule has 1 fully saturated rings. The quantitative estimate of drug-likeness (QED) is 0.378. The SMILES string of the molecule is CCNC(=NCC(C)Oc1ccc(F)cc1)NCCCOC1CCOC1. The van der Waals surface area contributed by atoms with Crippen LogP contribution in [-0.4, -0.2) is 57.6 Å². The number of halogens is 1. The molecule has 2 rings (SSSR count). The Morgan fingerprint density at radius 2 is 2.15 bits per heavy atom. The van der Waals surface area contributed by atoms with Crippen LogP contribution in [0.4, 0.5) is 4.39 Å². The maximum atomic E-state index is 12.9. The summed E-state index contributed by atoms with van der Waals surface area (Å²) in [4.78, 5) is 4.54. The number of benzene rings is 1. The Labute approximate surface area is 155 Å². The minimum Gasteiger partial charge on any atom is -0.489 e. The molecule has 1 aliphatic heterocycles. The lowest BCUT2D eigenvalue weighted by Gasteiger charge is -2.15. The van der Waals surface area contributed by atoms with Gasteiger partial charge in [0.05, 0.1) is 19.3 Å². The molecule has 1 saturated heterocycles. The summed E-state index contributed by atoms with van der Waals surface area (Å²) in [6.07, 6.45) is 2.04. The average Bonchev–Trinajstić information content (AvgIpc) is 3.15. The minimum absolute atomic E-state index is 0.110. The van der Waals surface area contributed by atoms with E-state index in [-0.39, 0.29) is 18.0 Å². The zero-order valence-corrected chi connectivity index (χ0v) is 15.7. The van der Waals surface area contributed by atoms with E-state index in [1.165, 1.54) is 12.1 Å². The summed E-state index contributed by atoms with van der Waals surface area (Å²) in [7, 11) is 0. The summed E-state index contributed by atoms with van der Waals surface area (Å²) < 4.78 is 29.7. The maximum Gasteiger partial charge on any atom is 0.191 e. The number of ether oxygens (including phenoxy) is 3. The fraction of sp³-hybridized carbons (Fsp3) is 0.632. The van der Waals surface area contributed by atoms with E-state index in [2.05, 4.69) is 15.6 Å². The van der Waals surface area contributed by atoms with Crippen LogP contribution in [0.25, 0.3) is 0 Å². The van der Waals surface area contributed by atoms with E-state index < -0.39 is 0 Å². The van der Waals surface area contributed by atoms with Gasteiger partial charge in [-0.2, -0.15) is 0 Å². The van der Waals surface area contributed by atoms with Crippen LogP contribution >= 0.6 is 0 Å². The lowest BCUT2D eigenvalue weighted by atomic mass is 10.3. The van der Waals surface area contributed by atoms with Crippen molar-refractivity contribution in [1.82, 2.24) is 10.6 Å². The molecule has 0 radical (unpaired) electrons. The molecule has 1 aromatic rings. The first-order chi connectivity index (χ1) is 12.7. The molecule has 146 valence electrons. The molecule has 2 unspecified atom stereocenters. The molecule has 0 aliphatic carbocycles. The summed E-state index contributed by atoms with van der Waals surface area (Å²) in [5, 5.41) is 6.51. The van der Waals surface area contributed by atoms with Gasteiger partial charge in [0.1, 0.15) is 17.7 Å². The third-order valence-corrected chi connectivity index (χ3v) is 3.86. The molecular formula is C19H30FN3O3. The van der Waals surface area contributed by atoms with Crippen LogP contribution in [0, 0.1) is 5.82 Å². The van der Waals surface area contributed by atoms with Crippen LogP contribution in [0.3, 0.4) is 0 Å². The second kappa shape index (κ2) is 11.7. The van der Waals surface area contributed by atoms with Crippen molar-refractivity contribution in [3.63, 3.8) is 0 Å². The van der Waals surface area contributed by atoms with Crippen LogP contribution in [0.2, 0.25) is 0 Å². The molecule has 1 heterocycles. The molecule has 2 N–H and O–H groups in total. The van der Waals surface area contributed by atoms with Crippen molar-refractivity contribution < 1.29 is 18.6 Å². The van der Waals surface area contributed by atoms with Crippen LogP contribution in [0.5, 0.6) is 5.75 Å². The maximum absolute atomic E-state index is 12.9. The topological polar surface area (TPSA) is 64.1 Å². The molecule has 0 spiro atoms. The van der Waals surface area contributed by atoms with E-state index in [1.54, 1.807) is 12.1 Å². The second-order valence-electron chi connectivity index (χ2n) is 6.24. The second-order valence-corrected chi connectivity index (χ2v) is 6.24. The summed E-state index contributed by atoms with van der Waals surface area (Å²) in [6.45, 7) is 8.27. The highest BCUT2D eigenvalue weighted by Gasteiger charge is 2.15. The summed E-state index contributed by atoms with van der Waals surface area (Å²) >= 11 is 0. The predicted octanol–water partition coefficient (Wildman–Crippen LogP) is 2.34. The van der Waals surface area contributed by atoms with Crippen LogP contribution < -0.4 is 15.4 Å². The number of rotatable bonds is 10. The number of guanidine groups is 1. The monoisotopic (exact) mass is 367 g/mol. The van der Waals surface area contributed by atoms with E-state index in [0.29, 0.717) is 25.5 Å². The Kier molecular flexibility index (Phi) is 9.20. The number of hydrogen-bond acceptors (Lipinski definition) is 4. The Morgan fingerprint density at radius 1 is 1.35 bits per heavy atom. The van der Waals surface area contributed by atoms with Crippen molar-refractivity contribution in [1.29, 1.82) is 0 Å². The van der Waals surface area contributed by atoms with E-state index in [1.807, 2.05) is 13.8 Å². The molecule has 0 bridgehead atoms. The van der Waals surface area contributed by atoms with Gasteiger partial charge in [-0.15, -0.1) is 0 Å². The molecule has 6 nitrogen and oxygen atoms in total. The third-order valence-electron chi connectivity index (χ3n) is 3.86. The van der Waals surface area contributed by atoms with Gasteiger partial charge in [0.25, 0.3) is 0 Å². The van der Waals surface area contributed by atoms with Crippen molar-refractivity contribution in [2.45, 2.75) is 38.9 Å². The largest absolute Gasteiger partial charge is 0.489 e. The van der Waals surface area contributed by atoms with Gasteiger partial charge in [-0.25, -0.2) is 9.38 Å². The zero-order valence-electron chi connectivity index (χ0n) is 15.7. The van der Waals surface area contributed by atoms with Crippen molar-refractivity contribution in [3.05, 3.63) is 30.1 Å². The first-order valence-corrected chi connectivity index (χ1v) is 9.31. The van der Waals surface area contributed by atoms with Crippen LogP contribution in [0.1, 0.15) is 26.7 Å². The molecule has 0 amide bonds. The van der Waals surface area contributed by atoms with Crippen molar-refractivity contribution in [3.8, 4) is 5.75 Å². The molecule has 1 aliphatic rings. The van der Waals surface area contributed by atoms with Gasteiger partial charge in [-0.3, -0.25) is 0 Å². The molecule has 0 saturated carbocycles. The summed E-state index contributed by atoms with van der Waals surface area (Å²) in [6, 6.07) is 6.01. The van der Waals surface area contributed by atoms with E-state index >= 15 is 0 Å². The van der Waals surface area contributed by atoms with Gasteiger partial charge >= 0.3 is 0 Å². The van der Waals surface area contributed by atoms with Crippen LogP contribution in [0.15, 0.2) is 29.3 Å². The molecular weight excluding hydrogens is 337 g/mol. The van der Waals surface area contributed by atoms with Crippen molar-refractivity contribution in [2.24, 2.45) is 4.99 Å². The fourth-order valence-electron chi connectivity index (χ4n) is 2.52. The number of nitrogens with one attached hydrogen (secondary N) is 2. The zero-order chi connectivity index (χ0) is 18.6. The highest BCUT2D eigenvalue weighted by atomic mass is 19.1. The van der Waals surface area contributed by atoms with Gasteiger partial charge in [0, 0.05) is 26.3 Å². The van der Waals surface area contributed by atoms with Gasteiger partial charge in [-0.1, -0.05) is 0 Å². The lowest BCUT2D eigenvalue weighted by Crippen LogP contribution is -2.39. The Balaban J connectivity index is 1.66. The Morgan fingerprint density at radius 3 is 2.85 bits per heavy atom. The minimum atomic E-state index is -0.272. The Hall–Kier alpha value is -1.86.